The molecule has 0 aliphatic rings. The van der Waals surface area contributed by atoms with E-state index in [1.54, 1.807) is 23.9 Å². The number of urea groups is 1. The molecule has 0 aliphatic carbocycles. The third-order valence-electron chi connectivity index (χ3n) is 3.10. The van der Waals surface area contributed by atoms with Crippen LogP contribution >= 0.6 is 0 Å². The number of primary amides is 1. The van der Waals surface area contributed by atoms with Crippen molar-refractivity contribution in [3.63, 3.8) is 0 Å². The fourth-order valence-corrected chi connectivity index (χ4v) is 2.14. The topological polar surface area (TPSA) is 94.2 Å². The molecule has 21 heavy (non-hydrogen) atoms. The molecule has 1 aromatic carbocycles. The lowest BCUT2D eigenvalue weighted by molar-refractivity contribution is 0.259. The van der Waals surface area contributed by atoms with Crippen LogP contribution in [0, 0.1) is 6.92 Å². The molecule has 2 rings (SSSR count). The molecule has 1 aromatic heterocycles. The van der Waals surface area contributed by atoms with Crippen molar-refractivity contribution in [2.75, 3.05) is 17.7 Å². The van der Waals surface area contributed by atoms with Crippen LogP contribution in [0.25, 0.3) is 0 Å². The van der Waals surface area contributed by atoms with Crippen LogP contribution in [-0.2, 0) is 13.6 Å². The summed E-state index contributed by atoms with van der Waals surface area (Å²) in [5.74, 6) is 0.743. The van der Waals surface area contributed by atoms with Gasteiger partial charge in [0.25, 0.3) is 0 Å². The lowest BCUT2D eigenvalue weighted by Gasteiger charge is -2.09. The molecule has 4 N–H and O–H groups in total. The normalized spacial score (nSPS) is 10.2. The van der Waals surface area contributed by atoms with Gasteiger partial charge in [0.2, 0.25) is 5.88 Å². The molecular formula is C14H19N5O2. The Morgan fingerprint density at radius 1 is 1.33 bits per heavy atom. The number of ether oxygens (including phenoxy) is 1. The van der Waals surface area contributed by atoms with Crippen molar-refractivity contribution < 1.29 is 9.53 Å². The Labute approximate surface area is 123 Å². The van der Waals surface area contributed by atoms with E-state index < -0.39 is 6.03 Å². The van der Waals surface area contributed by atoms with Gasteiger partial charge in [-0.25, -0.2) is 9.48 Å². The Kier molecular flexibility index (Phi) is 4.32. The first-order valence-electron chi connectivity index (χ1n) is 6.48. The molecule has 0 atom stereocenters. The van der Waals surface area contributed by atoms with Crippen LogP contribution in [0.5, 0.6) is 5.88 Å². The zero-order chi connectivity index (χ0) is 15.4. The molecule has 1 heterocycles. The summed E-state index contributed by atoms with van der Waals surface area (Å²) in [6.07, 6.45) is 0. The molecule has 7 nitrogen and oxygen atoms in total. The zero-order valence-electron chi connectivity index (χ0n) is 12.3. The maximum atomic E-state index is 10.7. The highest BCUT2D eigenvalue weighted by atomic mass is 16.5. The van der Waals surface area contributed by atoms with Gasteiger partial charge in [0.05, 0.1) is 18.4 Å². The third-order valence-corrected chi connectivity index (χ3v) is 3.10. The van der Waals surface area contributed by atoms with E-state index in [2.05, 4.69) is 15.7 Å². The van der Waals surface area contributed by atoms with Crippen LogP contribution in [0.15, 0.2) is 24.3 Å². The minimum atomic E-state index is -0.577. The van der Waals surface area contributed by atoms with E-state index in [1.165, 1.54) is 0 Å². The second-order valence-electron chi connectivity index (χ2n) is 4.62. The van der Waals surface area contributed by atoms with Crippen molar-refractivity contribution in [1.82, 2.24) is 9.78 Å². The number of carbonyl (C=O) groups is 1. The summed E-state index contributed by atoms with van der Waals surface area (Å²) in [7, 11) is 3.48. The van der Waals surface area contributed by atoms with Gasteiger partial charge in [-0.15, -0.1) is 0 Å². The molecule has 0 fully saturated rings. The Morgan fingerprint density at radius 3 is 2.52 bits per heavy atom. The van der Waals surface area contributed by atoms with Crippen molar-refractivity contribution in [3.05, 3.63) is 35.5 Å². The van der Waals surface area contributed by atoms with Gasteiger partial charge >= 0.3 is 6.03 Å². The van der Waals surface area contributed by atoms with Crippen LogP contribution in [0.3, 0.4) is 0 Å². The molecule has 112 valence electrons. The number of aryl methyl sites for hydroxylation is 2. The first-order chi connectivity index (χ1) is 10.0. The van der Waals surface area contributed by atoms with E-state index in [4.69, 9.17) is 10.5 Å². The van der Waals surface area contributed by atoms with Gasteiger partial charge in [-0.2, -0.15) is 5.10 Å². The van der Waals surface area contributed by atoms with Gasteiger partial charge in [-0.1, -0.05) is 0 Å². The second kappa shape index (κ2) is 6.17. The van der Waals surface area contributed by atoms with Gasteiger partial charge in [-0.05, 0) is 31.2 Å². The molecule has 0 unspecified atom stereocenters. The van der Waals surface area contributed by atoms with Gasteiger partial charge in [-0.3, -0.25) is 0 Å². The fraction of sp³-hybridized carbons (Fsp3) is 0.286. The van der Waals surface area contributed by atoms with Gasteiger partial charge in [0.15, 0.2) is 0 Å². The molecule has 0 bridgehead atoms. The average molecular weight is 289 g/mol. The van der Waals surface area contributed by atoms with Crippen molar-refractivity contribution in [3.8, 4) is 5.88 Å². The zero-order valence-corrected chi connectivity index (χ0v) is 12.3. The lowest BCUT2D eigenvalue weighted by atomic mass is 10.2. The Hall–Kier alpha value is -2.70. The van der Waals surface area contributed by atoms with E-state index in [0.717, 1.165) is 22.8 Å². The van der Waals surface area contributed by atoms with Gasteiger partial charge in [0.1, 0.15) is 0 Å². The number of nitrogens with two attached hydrogens (primary N) is 1. The van der Waals surface area contributed by atoms with Crippen LogP contribution < -0.4 is 21.1 Å². The number of anilines is 2. The summed E-state index contributed by atoms with van der Waals surface area (Å²) in [4.78, 5) is 10.7. The van der Waals surface area contributed by atoms with Crippen LogP contribution in [-0.4, -0.2) is 22.9 Å². The minimum absolute atomic E-state index is 0.577. The van der Waals surface area contributed by atoms with Crippen molar-refractivity contribution in [2.45, 2.75) is 13.5 Å². The smallest absolute Gasteiger partial charge is 0.316 e. The van der Waals surface area contributed by atoms with Crippen LogP contribution in [0.2, 0.25) is 0 Å². The molecule has 7 heteroatoms. The fourth-order valence-electron chi connectivity index (χ4n) is 2.14. The highest BCUT2D eigenvalue weighted by Gasteiger charge is 2.13. The maximum absolute atomic E-state index is 10.7. The van der Waals surface area contributed by atoms with E-state index >= 15 is 0 Å². The van der Waals surface area contributed by atoms with Crippen molar-refractivity contribution >= 4 is 17.4 Å². The monoisotopic (exact) mass is 289 g/mol. The van der Waals surface area contributed by atoms with Crippen LogP contribution in [0.1, 0.15) is 11.3 Å². The van der Waals surface area contributed by atoms with Crippen molar-refractivity contribution in [2.24, 2.45) is 12.8 Å². The number of methoxy groups -OCH3 is 1. The first kappa shape index (κ1) is 14.7. The molecule has 0 saturated heterocycles. The summed E-state index contributed by atoms with van der Waals surface area (Å²) in [6.45, 7) is 2.55. The predicted octanol–water partition coefficient (Wildman–Crippen LogP) is 1.84. The number of hydrogen-bond acceptors (Lipinski definition) is 4. The number of amides is 2. The molecule has 0 radical (unpaired) electrons. The molecule has 0 saturated carbocycles. The van der Waals surface area contributed by atoms with E-state index in [0.29, 0.717) is 12.2 Å². The molecule has 2 amide bonds. The highest BCUT2D eigenvalue weighted by molar-refractivity contribution is 5.87. The van der Waals surface area contributed by atoms with E-state index in [-0.39, 0.29) is 0 Å². The summed E-state index contributed by atoms with van der Waals surface area (Å²) in [6, 6.07) is 6.71. The molecule has 2 aromatic rings. The summed E-state index contributed by atoms with van der Waals surface area (Å²) in [5, 5.41) is 10.1. The quantitative estimate of drug-likeness (QED) is 0.782. The van der Waals surface area contributed by atoms with Crippen LogP contribution in [0.4, 0.5) is 16.2 Å². The minimum Gasteiger partial charge on any atom is -0.481 e. The first-order valence-corrected chi connectivity index (χ1v) is 6.48. The Balaban J connectivity index is 2.05. The SMILES string of the molecule is COc1c(CNc2ccc(NC(N)=O)cc2)c(C)nn1C. The van der Waals surface area contributed by atoms with E-state index in [9.17, 15) is 4.79 Å². The number of benzene rings is 1. The summed E-state index contributed by atoms with van der Waals surface area (Å²) in [5.41, 5.74) is 8.58. The lowest BCUT2D eigenvalue weighted by Crippen LogP contribution is -2.19. The highest BCUT2D eigenvalue weighted by Crippen LogP contribution is 2.22. The van der Waals surface area contributed by atoms with Gasteiger partial charge in [0, 0.05) is 25.0 Å². The standard InChI is InChI=1S/C14H19N5O2/c1-9-12(13(21-3)19(2)18-9)8-16-10-4-6-11(7-5-10)17-14(15)20/h4-7,16H,8H2,1-3H3,(H3,15,17,20). The summed E-state index contributed by atoms with van der Waals surface area (Å²) >= 11 is 0. The van der Waals surface area contributed by atoms with E-state index in [1.807, 2.05) is 26.1 Å². The van der Waals surface area contributed by atoms with Crippen molar-refractivity contribution in [1.29, 1.82) is 0 Å². The number of hydrogen-bond donors (Lipinski definition) is 3. The maximum Gasteiger partial charge on any atom is 0.316 e. The Bertz CT molecular complexity index is 634. The number of nitrogens with one attached hydrogen (secondary N) is 2. The number of aromatic nitrogens is 2. The summed E-state index contributed by atoms with van der Waals surface area (Å²) < 4.78 is 7.06. The molecular weight excluding hydrogens is 270 g/mol. The Morgan fingerprint density at radius 2 is 1.95 bits per heavy atom. The predicted molar refractivity (Wildman–Crippen MR) is 81.5 cm³/mol. The third kappa shape index (κ3) is 3.44. The van der Waals surface area contributed by atoms with Gasteiger partial charge < -0.3 is 21.1 Å². The largest absolute Gasteiger partial charge is 0.481 e. The average Bonchev–Trinajstić information content (AvgIpc) is 2.71. The number of rotatable bonds is 5. The number of nitrogens with zero attached hydrogens (tertiary/aromatic N) is 2. The molecule has 0 aliphatic heterocycles. The second-order valence-corrected chi connectivity index (χ2v) is 4.62. The molecule has 0 spiro atoms. The number of carbonyl (C=O) groups excluding carboxylic acids is 1.